The van der Waals surface area contributed by atoms with Crippen molar-refractivity contribution in [2.75, 3.05) is 0 Å². The molecule has 0 amide bonds. The van der Waals surface area contributed by atoms with Crippen molar-refractivity contribution in [2.45, 2.75) is 0 Å². The van der Waals surface area contributed by atoms with Crippen LogP contribution in [0.5, 0.6) is 0 Å². The van der Waals surface area contributed by atoms with Gasteiger partial charge in [0, 0.05) is 10.5 Å². The molecule has 0 fully saturated rings. The van der Waals surface area contributed by atoms with Gasteiger partial charge in [-0.15, -0.1) is 12.4 Å². The molecule has 13 heavy (non-hydrogen) atoms. The molecular formula is C9H10BrClO2. The van der Waals surface area contributed by atoms with E-state index in [2.05, 4.69) is 22.5 Å². The summed E-state index contributed by atoms with van der Waals surface area (Å²) in [5.41, 5.74) is 0. The Hall–Kier alpha value is -0.800. The van der Waals surface area contributed by atoms with E-state index in [1.165, 1.54) is 0 Å². The van der Waals surface area contributed by atoms with E-state index in [0.29, 0.717) is 0 Å². The fraction of sp³-hybridized carbons (Fsp3) is 0. The summed E-state index contributed by atoms with van der Waals surface area (Å²) in [7, 11) is 0. The minimum atomic E-state index is -0.981. The molecule has 0 atom stereocenters. The van der Waals surface area contributed by atoms with E-state index in [1.54, 1.807) is 0 Å². The van der Waals surface area contributed by atoms with Crippen LogP contribution in [0, 0.1) is 0 Å². The fourth-order valence-electron chi connectivity index (χ4n) is 0.415. The standard InChI is InChI=1S/C6H5Br.C3H4O2.ClH/c7-6-4-2-1-3-5-6;1-2-3(4)5;/h1-5H;2H,1H2,(H,4,5);1H. The van der Waals surface area contributed by atoms with Gasteiger partial charge in [-0.3, -0.25) is 0 Å². The fourth-order valence-corrected chi connectivity index (χ4v) is 0.720. The van der Waals surface area contributed by atoms with E-state index in [1.807, 2.05) is 30.3 Å². The number of carboxylic acid groups (broad SMARTS) is 1. The first-order chi connectivity index (χ1) is 5.66. The lowest BCUT2D eigenvalue weighted by Gasteiger charge is -1.80. The number of halogens is 2. The quantitative estimate of drug-likeness (QED) is 0.792. The minimum absolute atomic E-state index is 0. The Balaban J connectivity index is 0. The zero-order chi connectivity index (χ0) is 9.40. The van der Waals surface area contributed by atoms with Crippen molar-refractivity contribution in [3.63, 3.8) is 0 Å². The van der Waals surface area contributed by atoms with E-state index in [4.69, 9.17) is 5.11 Å². The first-order valence-corrected chi connectivity index (χ1v) is 4.02. The van der Waals surface area contributed by atoms with Gasteiger partial charge in [-0.05, 0) is 12.1 Å². The summed E-state index contributed by atoms with van der Waals surface area (Å²) in [6, 6.07) is 9.97. The molecule has 1 rings (SSSR count). The molecule has 0 saturated heterocycles. The lowest BCUT2D eigenvalue weighted by molar-refractivity contribution is -0.131. The van der Waals surface area contributed by atoms with Crippen LogP contribution in [0.25, 0.3) is 0 Å². The third-order valence-corrected chi connectivity index (χ3v) is 1.44. The number of aliphatic carboxylic acids is 1. The SMILES string of the molecule is Brc1ccccc1.C=CC(=O)O.Cl. The summed E-state index contributed by atoms with van der Waals surface area (Å²) in [6.45, 7) is 2.96. The normalized spacial score (nSPS) is 7.15. The summed E-state index contributed by atoms with van der Waals surface area (Å²) < 4.78 is 1.13. The van der Waals surface area contributed by atoms with Gasteiger partial charge < -0.3 is 5.11 Å². The largest absolute Gasteiger partial charge is 0.478 e. The first-order valence-electron chi connectivity index (χ1n) is 3.22. The molecule has 2 nitrogen and oxygen atoms in total. The maximum Gasteiger partial charge on any atom is 0.327 e. The average molecular weight is 266 g/mol. The average Bonchev–Trinajstić information content (AvgIpc) is 2.07. The van der Waals surface area contributed by atoms with E-state index >= 15 is 0 Å². The van der Waals surface area contributed by atoms with Crippen molar-refractivity contribution in [2.24, 2.45) is 0 Å². The summed E-state index contributed by atoms with van der Waals surface area (Å²) in [5.74, 6) is -0.981. The second-order valence-electron chi connectivity index (χ2n) is 1.84. The van der Waals surface area contributed by atoms with Crippen LogP contribution in [0.15, 0.2) is 47.5 Å². The molecule has 0 spiro atoms. The molecular weight excluding hydrogens is 255 g/mol. The van der Waals surface area contributed by atoms with Crippen molar-refractivity contribution in [3.8, 4) is 0 Å². The number of hydrogen-bond acceptors (Lipinski definition) is 1. The monoisotopic (exact) mass is 264 g/mol. The Morgan fingerprint density at radius 2 is 1.77 bits per heavy atom. The highest BCUT2D eigenvalue weighted by Crippen LogP contribution is 2.05. The van der Waals surface area contributed by atoms with Crippen molar-refractivity contribution in [3.05, 3.63) is 47.5 Å². The molecule has 0 aromatic heterocycles. The highest BCUT2D eigenvalue weighted by Gasteiger charge is 1.74. The van der Waals surface area contributed by atoms with E-state index in [-0.39, 0.29) is 12.4 Å². The maximum absolute atomic E-state index is 9.25. The molecule has 0 heterocycles. The molecule has 4 heteroatoms. The third kappa shape index (κ3) is 11.2. The number of rotatable bonds is 1. The molecule has 0 aliphatic heterocycles. The van der Waals surface area contributed by atoms with Gasteiger partial charge in [-0.25, -0.2) is 4.79 Å². The van der Waals surface area contributed by atoms with Gasteiger partial charge >= 0.3 is 5.97 Å². The highest BCUT2D eigenvalue weighted by atomic mass is 79.9. The van der Waals surface area contributed by atoms with Gasteiger partial charge in [0.15, 0.2) is 0 Å². The molecule has 0 aliphatic carbocycles. The van der Waals surface area contributed by atoms with Crippen LogP contribution >= 0.6 is 28.3 Å². The lowest BCUT2D eigenvalue weighted by Crippen LogP contribution is -1.82. The summed E-state index contributed by atoms with van der Waals surface area (Å²) in [4.78, 5) is 9.25. The topological polar surface area (TPSA) is 37.3 Å². The predicted molar refractivity (Wildman–Crippen MR) is 59.2 cm³/mol. The Morgan fingerprint density at radius 1 is 1.38 bits per heavy atom. The maximum atomic E-state index is 9.25. The molecule has 0 saturated carbocycles. The lowest BCUT2D eigenvalue weighted by atomic mass is 10.4. The van der Waals surface area contributed by atoms with Crippen LogP contribution < -0.4 is 0 Å². The van der Waals surface area contributed by atoms with Crippen LogP contribution in [0.1, 0.15) is 0 Å². The first kappa shape index (κ1) is 14.7. The number of carbonyl (C=O) groups is 1. The molecule has 0 bridgehead atoms. The highest BCUT2D eigenvalue weighted by molar-refractivity contribution is 9.10. The minimum Gasteiger partial charge on any atom is -0.478 e. The second kappa shape index (κ2) is 9.29. The summed E-state index contributed by atoms with van der Waals surface area (Å²) >= 11 is 3.31. The molecule has 0 unspecified atom stereocenters. The Labute approximate surface area is 91.8 Å². The van der Waals surface area contributed by atoms with Crippen molar-refractivity contribution in [1.82, 2.24) is 0 Å². The van der Waals surface area contributed by atoms with E-state index in [0.717, 1.165) is 10.5 Å². The summed E-state index contributed by atoms with van der Waals surface area (Å²) in [5, 5.41) is 7.60. The summed E-state index contributed by atoms with van der Waals surface area (Å²) in [6.07, 6.45) is 0.833. The zero-order valence-corrected chi connectivity index (χ0v) is 9.22. The van der Waals surface area contributed by atoms with E-state index < -0.39 is 5.97 Å². The van der Waals surface area contributed by atoms with Crippen LogP contribution in [-0.4, -0.2) is 11.1 Å². The number of hydrogen-bond donors (Lipinski definition) is 1. The van der Waals surface area contributed by atoms with Crippen LogP contribution in [0.2, 0.25) is 0 Å². The van der Waals surface area contributed by atoms with Gasteiger partial charge in [0.05, 0.1) is 0 Å². The second-order valence-corrected chi connectivity index (χ2v) is 2.75. The predicted octanol–water partition coefficient (Wildman–Crippen LogP) is 3.13. The Morgan fingerprint density at radius 3 is 1.92 bits per heavy atom. The van der Waals surface area contributed by atoms with E-state index in [9.17, 15) is 4.79 Å². The van der Waals surface area contributed by atoms with Crippen LogP contribution in [0.3, 0.4) is 0 Å². The van der Waals surface area contributed by atoms with Crippen molar-refractivity contribution < 1.29 is 9.90 Å². The molecule has 1 N–H and O–H groups in total. The zero-order valence-electron chi connectivity index (χ0n) is 6.81. The van der Waals surface area contributed by atoms with Gasteiger partial charge in [-0.2, -0.15) is 0 Å². The van der Waals surface area contributed by atoms with Crippen LogP contribution in [-0.2, 0) is 4.79 Å². The van der Waals surface area contributed by atoms with Gasteiger partial charge in [0.1, 0.15) is 0 Å². The number of carboxylic acids is 1. The molecule has 0 radical (unpaired) electrons. The van der Waals surface area contributed by atoms with Gasteiger partial charge in [-0.1, -0.05) is 40.7 Å². The molecule has 1 aromatic rings. The molecule has 1 aromatic carbocycles. The van der Waals surface area contributed by atoms with Crippen molar-refractivity contribution >= 4 is 34.3 Å². The number of benzene rings is 1. The van der Waals surface area contributed by atoms with Crippen LogP contribution in [0.4, 0.5) is 0 Å². The molecule has 72 valence electrons. The Bertz CT molecular complexity index is 249. The van der Waals surface area contributed by atoms with Gasteiger partial charge in [0.2, 0.25) is 0 Å². The third-order valence-electron chi connectivity index (χ3n) is 0.908. The smallest absolute Gasteiger partial charge is 0.327 e. The van der Waals surface area contributed by atoms with Crippen molar-refractivity contribution in [1.29, 1.82) is 0 Å². The Kier molecular flexibility index (Phi) is 10.5. The molecule has 0 aliphatic rings. The van der Waals surface area contributed by atoms with Gasteiger partial charge in [0.25, 0.3) is 0 Å².